The summed E-state index contributed by atoms with van der Waals surface area (Å²) in [6.45, 7) is 3.98. The summed E-state index contributed by atoms with van der Waals surface area (Å²) >= 11 is 0. The maximum absolute atomic E-state index is 11.4. The summed E-state index contributed by atoms with van der Waals surface area (Å²) in [5.74, 6) is -0.452. The summed E-state index contributed by atoms with van der Waals surface area (Å²) in [7, 11) is 0. The van der Waals surface area contributed by atoms with E-state index in [0.717, 1.165) is 19.5 Å². The Hall–Kier alpha value is -1.56. The lowest BCUT2D eigenvalue weighted by atomic mass is 10.2. The topological polar surface area (TPSA) is 76.4 Å². The summed E-state index contributed by atoms with van der Waals surface area (Å²) in [6.07, 6.45) is 4.81. The number of nitrogens with zero attached hydrogens (tertiary/aromatic N) is 1. The Kier molecular flexibility index (Phi) is 4.58. The molecule has 2 heterocycles. The molecule has 0 aromatic carbocycles. The number of nitrogens with one attached hydrogen (secondary N) is 2. The number of hydrogen-bond donors (Lipinski definition) is 2. The maximum Gasteiger partial charge on any atom is 0.360 e. The molecule has 2 rings (SSSR count). The Balaban J connectivity index is 1.74. The molecule has 1 aliphatic heterocycles. The van der Waals surface area contributed by atoms with Crippen LogP contribution in [0.5, 0.6) is 0 Å². The van der Waals surface area contributed by atoms with Crippen molar-refractivity contribution < 1.29 is 13.9 Å². The molecule has 6 nitrogen and oxygen atoms in total. The van der Waals surface area contributed by atoms with E-state index in [2.05, 4.69) is 15.6 Å². The molecule has 1 aromatic rings. The zero-order chi connectivity index (χ0) is 12.8. The monoisotopic (exact) mass is 253 g/mol. The van der Waals surface area contributed by atoms with Gasteiger partial charge in [-0.15, -0.1) is 0 Å². The third kappa shape index (κ3) is 3.46. The van der Waals surface area contributed by atoms with E-state index >= 15 is 0 Å². The van der Waals surface area contributed by atoms with Crippen molar-refractivity contribution in [1.82, 2.24) is 10.3 Å². The Labute approximate surface area is 106 Å². The van der Waals surface area contributed by atoms with Crippen molar-refractivity contribution in [3.63, 3.8) is 0 Å². The maximum atomic E-state index is 11.4. The van der Waals surface area contributed by atoms with E-state index < -0.39 is 5.97 Å². The van der Waals surface area contributed by atoms with Gasteiger partial charge in [0.15, 0.2) is 5.69 Å². The van der Waals surface area contributed by atoms with Crippen LogP contribution in [-0.2, 0) is 4.74 Å². The van der Waals surface area contributed by atoms with Crippen molar-refractivity contribution in [3.8, 4) is 0 Å². The van der Waals surface area contributed by atoms with Crippen LogP contribution < -0.4 is 10.6 Å². The summed E-state index contributed by atoms with van der Waals surface area (Å²) in [6, 6.07) is 0.952. The molecule has 0 saturated carbocycles. The predicted octanol–water partition coefficient (Wildman–Crippen LogP) is 1.41. The van der Waals surface area contributed by atoms with Gasteiger partial charge in [0.25, 0.3) is 6.01 Å². The Bertz CT molecular complexity index is 386. The number of oxazole rings is 1. The largest absolute Gasteiger partial charge is 0.461 e. The molecule has 2 N–H and O–H groups in total. The minimum absolute atomic E-state index is 0.207. The number of rotatable bonds is 6. The van der Waals surface area contributed by atoms with Gasteiger partial charge in [-0.2, -0.15) is 4.98 Å². The van der Waals surface area contributed by atoms with Gasteiger partial charge >= 0.3 is 5.97 Å². The van der Waals surface area contributed by atoms with E-state index in [1.165, 1.54) is 19.1 Å². The van der Waals surface area contributed by atoms with Crippen LogP contribution in [0.15, 0.2) is 10.7 Å². The first-order valence-electron chi connectivity index (χ1n) is 6.39. The lowest BCUT2D eigenvalue weighted by molar-refractivity contribution is 0.0519. The highest BCUT2D eigenvalue weighted by molar-refractivity contribution is 5.87. The molecule has 1 saturated heterocycles. The summed E-state index contributed by atoms with van der Waals surface area (Å²) < 4.78 is 9.98. The van der Waals surface area contributed by atoms with E-state index in [4.69, 9.17) is 9.15 Å². The fourth-order valence-corrected chi connectivity index (χ4v) is 2.01. The normalized spacial score (nSPS) is 18.8. The van der Waals surface area contributed by atoms with Crippen LogP contribution in [0.1, 0.15) is 36.7 Å². The van der Waals surface area contributed by atoms with Gasteiger partial charge in [-0.3, -0.25) is 0 Å². The SMILES string of the molecule is CCOC(=O)c1coc(NCC[C@H]2CCCN2)n1. The number of carbonyl (C=O) groups is 1. The van der Waals surface area contributed by atoms with Crippen molar-refractivity contribution in [2.45, 2.75) is 32.2 Å². The quantitative estimate of drug-likeness (QED) is 0.746. The van der Waals surface area contributed by atoms with E-state index in [1.807, 2.05) is 0 Å². The van der Waals surface area contributed by atoms with Crippen molar-refractivity contribution in [3.05, 3.63) is 12.0 Å². The molecule has 0 unspecified atom stereocenters. The molecule has 0 amide bonds. The molecule has 6 heteroatoms. The van der Waals surface area contributed by atoms with Gasteiger partial charge in [0, 0.05) is 12.6 Å². The fourth-order valence-electron chi connectivity index (χ4n) is 2.01. The van der Waals surface area contributed by atoms with Gasteiger partial charge in [0.1, 0.15) is 6.26 Å². The van der Waals surface area contributed by atoms with Gasteiger partial charge in [-0.05, 0) is 32.7 Å². The van der Waals surface area contributed by atoms with Crippen molar-refractivity contribution >= 4 is 12.0 Å². The second-order valence-electron chi connectivity index (χ2n) is 4.27. The third-order valence-electron chi connectivity index (χ3n) is 2.92. The van der Waals surface area contributed by atoms with Crippen LogP contribution in [-0.4, -0.2) is 36.7 Å². The molecule has 0 spiro atoms. The van der Waals surface area contributed by atoms with Crippen molar-refractivity contribution in [1.29, 1.82) is 0 Å². The van der Waals surface area contributed by atoms with Gasteiger partial charge in [0.2, 0.25) is 0 Å². The zero-order valence-corrected chi connectivity index (χ0v) is 10.6. The Morgan fingerprint density at radius 3 is 3.33 bits per heavy atom. The Morgan fingerprint density at radius 2 is 2.61 bits per heavy atom. The summed E-state index contributed by atoms with van der Waals surface area (Å²) in [5, 5.41) is 6.48. The minimum Gasteiger partial charge on any atom is -0.461 e. The lowest BCUT2D eigenvalue weighted by Gasteiger charge is -2.09. The second-order valence-corrected chi connectivity index (χ2v) is 4.27. The molecule has 1 aliphatic rings. The van der Waals surface area contributed by atoms with Gasteiger partial charge in [-0.1, -0.05) is 0 Å². The first-order valence-corrected chi connectivity index (χ1v) is 6.39. The number of ether oxygens (including phenoxy) is 1. The molecule has 1 aromatic heterocycles. The summed E-state index contributed by atoms with van der Waals surface area (Å²) in [4.78, 5) is 15.4. The fraction of sp³-hybridized carbons (Fsp3) is 0.667. The molecule has 0 bridgehead atoms. The second kappa shape index (κ2) is 6.39. The smallest absolute Gasteiger partial charge is 0.360 e. The van der Waals surface area contributed by atoms with Crippen LogP contribution >= 0.6 is 0 Å². The molecule has 1 fully saturated rings. The molecule has 0 radical (unpaired) electrons. The molecule has 1 atom stereocenters. The van der Waals surface area contributed by atoms with Crippen LogP contribution in [0.2, 0.25) is 0 Å². The van der Waals surface area contributed by atoms with Crippen LogP contribution in [0, 0.1) is 0 Å². The molecule has 0 aliphatic carbocycles. The number of anilines is 1. The Morgan fingerprint density at radius 1 is 1.72 bits per heavy atom. The molecule has 18 heavy (non-hydrogen) atoms. The van der Waals surface area contributed by atoms with Crippen LogP contribution in [0.3, 0.4) is 0 Å². The number of carbonyl (C=O) groups excluding carboxylic acids is 1. The third-order valence-corrected chi connectivity index (χ3v) is 2.92. The van der Waals surface area contributed by atoms with Gasteiger partial charge in [0.05, 0.1) is 6.61 Å². The predicted molar refractivity (Wildman–Crippen MR) is 66.6 cm³/mol. The number of esters is 1. The molecular formula is C12H19N3O3. The van der Waals surface area contributed by atoms with E-state index in [9.17, 15) is 4.79 Å². The average molecular weight is 253 g/mol. The zero-order valence-electron chi connectivity index (χ0n) is 10.6. The van der Waals surface area contributed by atoms with E-state index in [1.54, 1.807) is 6.92 Å². The van der Waals surface area contributed by atoms with E-state index in [0.29, 0.717) is 18.7 Å². The first kappa shape index (κ1) is 12.9. The van der Waals surface area contributed by atoms with E-state index in [-0.39, 0.29) is 5.69 Å². The van der Waals surface area contributed by atoms with Crippen molar-refractivity contribution in [2.24, 2.45) is 0 Å². The highest BCUT2D eigenvalue weighted by atomic mass is 16.5. The van der Waals surface area contributed by atoms with Crippen LogP contribution in [0.25, 0.3) is 0 Å². The molecular weight excluding hydrogens is 234 g/mol. The van der Waals surface area contributed by atoms with Gasteiger partial charge < -0.3 is 19.8 Å². The van der Waals surface area contributed by atoms with Crippen molar-refractivity contribution in [2.75, 3.05) is 25.0 Å². The molecule has 100 valence electrons. The highest BCUT2D eigenvalue weighted by Gasteiger charge is 2.15. The van der Waals surface area contributed by atoms with Crippen LogP contribution in [0.4, 0.5) is 6.01 Å². The average Bonchev–Trinajstić information content (AvgIpc) is 3.00. The van der Waals surface area contributed by atoms with Gasteiger partial charge in [-0.25, -0.2) is 4.79 Å². The standard InChI is InChI=1S/C12H19N3O3/c1-2-17-11(16)10-8-18-12(15-10)14-7-5-9-4-3-6-13-9/h8-9,13H,2-7H2,1H3,(H,14,15)/t9-/m1/s1. The number of aromatic nitrogens is 1. The summed E-state index contributed by atoms with van der Waals surface area (Å²) in [5.41, 5.74) is 0.207. The number of hydrogen-bond acceptors (Lipinski definition) is 6. The highest BCUT2D eigenvalue weighted by Crippen LogP contribution is 2.11. The first-order chi connectivity index (χ1) is 8.79. The lowest BCUT2D eigenvalue weighted by Crippen LogP contribution is -2.24. The minimum atomic E-state index is -0.452.